The average molecular weight is 280 g/mol. The van der Waals surface area contributed by atoms with Gasteiger partial charge in [-0.25, -0.2) is 9.59 Å². The zero-order valence-electron chi connectivity index (χ0n) is 11.7. The third kappa shape index (κ3) is 5.17. The number of amides is 2. The number of carboxylic acids is 1. The third-order valence-electron chi connectivity index (χ3n) is 2.77. The predicted molar refractivity (Wildman–Crippen MR) is 74.7 cm³/mol. The zero-order valence-corrected chi connectivity index (χ0v) is 11.7. The van der Waals surface area contributed by atoms with E-state index in [0.717, 1.165) is 5.56 Å². The van der Waals surface area contributed by atoms with Crippen LogP contribution in [-0.2, 0) is 11.3 Å². The summed E-state index contributed by atoms with van der Waals surface area (Å²) in [6.45, 7) is 2.17. The van der Waals surface area contributed by atoms with Crippen LogP contribution in [0.1, 0.15) is 25.3 Å². The lowest BCUT2D eigenvalue weighted by Crippen LogP contribution is -2.45. The summed E-state index contributed by atoms with van der Waals surface area (Å²) in [4.78, 5) is 22.6. The number of methoxy groups -OCH3 is 1. The molecule has 0 aliphatic rings. The van der Waals surface area contributed by atoms with E-state index in [4.69, 9.17) is 9.84 Å². The first-order chi connectivity index (χ1) is 9.56. The highest BCUT2D eigenvalue weighted by Gasteiger charge is 2.18. The fourth-order valence-corrected chi connectivity index (χ4v) is 1.72. The number of carbonyl (C=O) groups is 2. The molecule has 0 fully saturated rings. The molecule has 1 rings (SSSR count). The van der Waals surface area contributed by atoms with Gasteiger partial charge in [-0.15, -0.1) is 0 Å². The number of nitrogens with one attached hydrogen (secondary N) is 2. The van der Waals surface area contributed by atoms with Gasteiger partial charge in [0, 0.05) is 6.54 Å². The van der Waals surface area contributed by atoms with E-state index >= 15 is 0 Å². The van der Waals surface area contributed by atoms with E-state index in [-0.39, 0.29) is 0 Å². The Kier molecular flexibility index (Phi) is 6.36. The van der Waals surface area contributed by atoms with Gasteiger partial charge in [0.25, 0.3) is 0 Å². The SMILES string of the molecule is CCC[C@H](NC(=O)NCc1cccc(OC)c1)C(=O)O. The summed E-state index contributed by atoms with van der Waals surface area (Å²) in [5.74, 6) is -0.317. The molecular formula is C14H20N2O4. The molecule has 0 saturated carbocycles. The van der Waals surface area contributed by atoms with Crippen molar-refractivity contribution in [3.8, 4) is 5.75 Å². The number of carboxylic acid groups (broad SMARTS) is 1. The van der Waals surface area contributed by atoms with Crippen LogP contribution in [0.2, 0.25) is 0 Å². The predicted octanol–water partition coefficient (Wildman–Crippen LogP) is 1.75. The van der Waals surface area contributed by atoms with E-state index in [9.17, 15) is 9.59 Å². The van der Waals surface area contributed by atoms with Gasteiger partial charge in [-0.2, -0.15) is 0 Å². The van der Waals surface area contributed by atoms with Crippen LogP contribution in [0.5, 0.6) is 5.75 Å². The molecule has 0 saturated heterocycles. The van der Waals surface area contributed by atoms with Gasteiger partial charge < -0.3 is 20.5 Å². The van der Waals surface area contributed by atoms with E-state index in [1.165, 1.54) is 0 Å². The highest BCUT2D eigenvalue weighted by molar-refractivity contribution is 5.82. The van der Waals surface area contributed by atoms with Gasteiger partial charge in [0.2, 0.25) is 0 Å². The van der Waals surface area contributed by atoms with Crippen LogP contribution in [0.3, 0.4) is 0 Å². The van der Waals surface area contributed by atoms with Crippen LogP contribution in [0.25, 0.3) is 0 Å². The topological polar surface area (TPSA) is 87.7 Å². The lowest BCUT2D eigenvalue weighted by Gasteiger charge is -2.14. The zero-order chi connectivity index (χ0) is 15.0. The molecule has 0 spiro atoms. The Bertz CT molecular complexity index is 462. The summed E-state index contributed by atoms with van der Waals surface area (Å²) in [5, 5.41) is 14.0. The first kappa shape index (κ1) is 15.8. The molecule has 0 radical (unpaired) electrons. The lowest BCUT2D eigenvalue weighted by molar-refractivity contribution is -0.139. The number of hydrogen-bond acceptors (Lipinski definition) is 3. The van der Waals surface area contributed by atoms with Gasteiger partial charge in [-0.1, -0.05) is 25.5 Å². The second kappa shape index (κ2) is 8.04. The maximum absolute atomic E-state index is 11.6. The molecule has 110 valence electrons. The molecule has 1 aromatic carbocycles. The van der Waals surface area contributed by atoms with Crippen molar-refractivity contribution in [1.82, 2.24) is 10.6 Å². The number of ether oxygens (including phenoxy) is 1. The van der Waals surface area contributed by atoms with Crippen LogP contribution in [0, 0.1) is 0 Å². The van der Waals surface area contributed by atoms with Gasteiger partial charge in [-0.3, -0.25) is 0 Å². The van der Waals surface area contributed by atoms with Crippen molar-refractivity contribution in [2.24, 2.45) is 0 Å². The van der Waals surface area contributed by atoms with Crippen LogP contribution < -0.4 is 15.4 Å². The number of carbonyl (C=O) groups excluding carboxylic acids is 1. The van der Waals surface area contributed by atoms with Crippen LogP contribution in [0.4, 0.5) is 4.79 Å². The summed E-state index contributed by atoms with van der Waals surface area (Å²) >= 11 is 0. The van der Waals surface area contributed by atoms with Gasteiger partial charge >= 0.3 is 12.0 Å². The summed E-state index contributed by atoms with van der Waals surface area (Å²) in [6.07, 6.45) is 1.09. The summed E-state index contributed by atoms with van der Waals surface area (Å²) in [7, 11) is 1.57. The fourth-order valence-electron chi connectivity index (χ4n) is 1.72. The number of rotatable bonds is 7. The van der Waals surface area contributed by atoms with Crippen LogP contribution >= 0.6 is 0 Å². The molecule has 0 aliphatic carbocycles. The molecule has 1 atom stereocenters. The Morgan fingerprint density at radius 2 is 2.15 bits per heavy atom. The molecule has 6 nitrogen and oxygen atoms in total. The minimum absolute atomic E-state index is 0.307. The second-order valence-electron chi connectivity index (χ2n) is 4.36. The van der Waals surface area contributed by atoms with E-state index in [0.29, 0.717) is 25.1 Å². The molecule has 0 aromatic heterocycles. The lowest BCUT2D eigenvalue weighted by atomic mass is 10.2. The molecule has 3 N–H and O–H groups in total. The fraction of sp³-hybridized carbons (Fsp3) is 0.429. The normalized spacial score (nSPS) is 11.5. The molecule has 6 heteroatoms. The second-order valence-corrected chi connectivity index (χ2v) is 4.36. The number of hydrogen-bond donors (Lipinski definition) is 3. The Labute approximate surface area is 118 Å². The molecule has 0 bridgehead atoms. The van der Waals surface area contributed by atoms with Crippen LogP contribution in [-0.4, -0.2) is 30.3 Å². The van der Waals surface area contributed by atoms with Crippen molar-refractivity contribution in [3.63, 3.8) is 0 Å². The average Bonchev–Trinajstić information content (AvgIpc) is 2.44. The number of benzene rings is 1. The van der Waals surface area contributed by atoms with Gasteiger partial charge in [0.05, 0.1) is 7.11 Å². The molecular weight excluding hydrogens is 260 g/mol. The van der Waals surface area contributed by atoms with Crippen molar-refractivity contribution in [2.75, 3.05) is 7.11 Å². The maximum Gasteiger partial charge on any atom is 0.326 e. The Hall–Kier alpha value is -2.24. The van der Waals surface area contributed by atoms with E-state index < -0.39 is 18.0 Å². The first-order valence-electron chi connectivity index (χ1n) is 6.47. The van der Waals surface area contributed by atoms with Crippen molar-refractivity contribution in [1.29, 1.82) is 0 Å². The van der Waals surface area contributed by atoms with Gasteiger partial charge in [0.15, 0.2) is 0 Å². The summed E-state index contributed by atoms with van der Waals surface area (Å²) in [5.41, 5.74) is 0.877. The molecule has 0 unspecified atom stereocenters. The highest BCUT2D eigenvalue weighted by Crippen LogP contribution is 2.12. The van der Waals surface area contributed by atoms with Crippen molar-refractivity contribution in [3.05, 3.63) is 29.8 Å². The first-order valence-corrected chi connectivity index (χ1v) is 6.47. The smallest absolute Gasteiger partial charge is 0.326 e. The monoisotopic (exact) mass is 280 g/mol. The quantitative estimate of drug-likeness (QED) is 0.710. The van der Waals surface area contributed by atoms with E-state index in [1.54, 1.807) is 13.2 Å². The Morgan fingerprint density at radius 3 is 2.75 bits per heavy atom. The summed E-state index contributed by atoms with van der Waals surface area (Å²) < 4.78 is 5.08. The summed E-state index contributed by atoms with van der Waals surface area (Å²) in [6, 6.07) is 5.94. The highest BCUT2D eigenvalue weighted by atomic mass is 16.5. The van der Waals surface area contributed by atoms with Crippen molar-refractivity contribution >= 4 is 12.0 Å². The van der Waals surface area contributed by atoms with Crippen molar-refractivity contribution in [2.45, 2.75) is 32.4 Å². The van der Waals surface area contributed by atoms with E-state index in [1.807, 2.05) is 25.1 Å². The Balaban J connectivity index is 2.47. The molecule has 0 heterocycles. The molecule has 1 aromatic rings. The van der Waals surface area contributed by atoms with Crippen LogP contribution in [0.15, 0.2) is 24.3 Å². The number of urea groups is 1. The maximum atomic E-state index is 11.6. The van der Waals surface area contributed by atoms with Crippen molar-refractivity contribution < 1.29 is 19.4 Å². The third-order valence-corrected chi connectivity index (χ3v) is 2.77. The Morgan fingerprint density at radius 1 is 1.40 bits per heavy atom. The largest absolute Gasteiger partial charge is 0.497 e. The minimum atomic E-state index is -1.02. The van der Waals surface area contributed by atoms with Gasteiger partial charge in [-0.05, 0) is 24.1 Å². The molecule has 0 aliphatic heterocycles. The molecule has 20 heavy (non-hydrogen) atoms. The number of aliphatic carboxylic acids is 1. The van der Waals surface area contributed by atoms with Gasteiger partial charge in [0.1, 0.15) is 11.8 Å². The minimum Gasteiger partial charge on any atom is -0.497 e. The van der Waals surface area contributed by atoms with E-state index in [2.05, 4.69) is 10.6 Å². The molecule has 2 amide bonds. The standard InChI is InChI=1S/C14H20N2O4/c1-3-5-12(13(17)18)16-14(19)15-9-10-6-4-7-11(8-10)20-2/h4,6-8,12H,3,5,9H2,1-2H3,(H,17,18)(H2,15,16,19)/t12-/m0/s1.